The number of aromatic nitrogens is 1. The van der Waals surface area contributed by atoms with Crippen LogP contribution in [0.2, 0.25) is 0 Å². The van der Waals surface area contributed by atoms with Crippen molar-refractivity contribution in [2.75, 3.05) is 26.0 Å². The van der Waals surface area contributed by atoms with E-state index < -0.39 is 0 Å². The molecule has 0 spiro atoms. The number of hydrogen-bond acceptors (Lipinski definition) is 4. The Hall–Kier alpha value is -2.36. The van der Waals surface area contributed by atoms with E-state index in [2.05, 4.69) is 9.98 Å². The normalized spacial score (nSPS) is 12.3. The average molecular weight is 253 g/mol. The fourth-order valence-electron chi connectivity index (χ4n) is 2.02. The van der Waals surface area contributed by atoms with Gasteiger partial charge in [-0.1, -0.05) is 0 Å². The smallest absolute Gasteiger partial charge is 0.155 e. The predicted octanol–water partition coefficient (Wildman–Crippen LogP) is 2.53. The van der Waals surface area contributed by atoms with Crippen molar-refractivity contribution in [1.82, 2.24) is 4.98 Å². The summed E-state index contributed by atoms with van der Waals surface area (Å²) in [5.41, 5.74) is 3.58. The van der Waals surface area contributed by atoms with Crippen molar-refractivity contribution in [3.63, 3.8) is 0 Å². The molecular weight excluding hydrogens is 238 g/mol. The highest BCUT2D eigenvalue weighted by atomic mass is 16.3. The topological polar surface area (TPSA) is 41.6 Å². The van der Waals surface area contributed by atoms with Gasteiger partial charge in [0.2, 0.25) is 0 Å². The first-order chi connectivity index (χ1) is 9.17. The number of hydrogen-bond donors (Lipinski definition) is 0. The standard InChI is InChI=1S/C15H15N3O/c1-16-10-4-6-12-14(8-10)19-15-9-11(18(2)3)5-7-13(15)17-12/h4-9H,1-3H3/b16-10+. The summed E-state index contributed by atoms with van der Waals surface area (Å²) in [6.45, 7) is 0. The van der Waals surface area contributed by atoms with Gasteiger partial charge in [0, 0.05) is 39.0 Å². The molecule has 0 unspecified atom stereocenters. The molecule has 2 aliphatic rings. The summed E-state index contributed by atoms with van der Waals surface area (Å²) in [7, 11) is 5.77. The zero-order valence-electron chi connectivity index (χ0n) is 11.2. The van der Waals surface area contributed by atoms with Crippen molar-refractivity contribution < 1.29 is 4.42 Å². The van der Waals surface area contributed by atoms with Crippen molar-refractivity contribution in [3.8, 4) is 11.5 Å². The zero-order chi connectivity index (χ0) is 13.4. The quantitative estimate of drug-likeness (QED) is 0.626. The first kappa shape index (κ1) is 11.7. The summed E-state index contributed by atoms with van der Waals surface area (Å²) in [5, 5.41) is 0.890. The molecule has 96 valence electrons. The maximum Gasteiger partial charge on any atom is 0.155 e. The van der Waals surface area contributed by atoms with E-state index in [1.165, 1.54) is 0 Å². The Bertz CT molecular complexity index is 774. The van der Waals surface area contributed by atoms with Gasteiger partial charge in [0.15, 0.2) is 11.3 Å². The third-order valence-electron chi connectivity index (χ3n) is 3.12. The molecule has 0 aromatic heterocycles. The third kappa shape index (κ3) is 2.05. The van der Waals surface area contributed by atoms with Gasteiger partial charge in [-0.2, -0.15) is 0 Å². The van der Waals surface area contributed by atoms with E-state index in [-0.39, 0.29) is 0 Å². The number of anilines is 1. The van der Waals surface area contributed by atoms with Crippen LogP contribution in [0.25, 0.3) is 22.6 Å². The molecular formula is C15H15N3O. The van der Waals surface area contributed by atoms with E-state index >= 15 is 0 Å². The fraction of sp³-hybridized carbons (Fsp3) is 0.200. The summed E-state index contributed by atoms with van der Waals surface area (Å²) < 4.78 is 5.93. The monoisotopic (exact) mass is 253 g/mol. The Morgan fingerprint density at radius 1 is 1.11 bits per heavy atom. The Morgan fingerprint density at radius 2 is 1.95 bits per heavy atom. The van der Waals surface area contributed by atoms with E-state index in [4.69, 9.17) is 4.42 Å². The minimum absolute atomic E-state index is 0.756. The Balaban J connectivity index is 2.31. The van der Waals surface area contributed by atoms with Gasteiger partial charge in [0.25, 0.3) is 0 Å². The molecule has 1 aliphatic carbocycles. The van der Waals surface area contributed by atoms with Crippen LogP contribution in [0.1, 0.15) is 0 Å². The van der Waals surface area contributed by atoms with E-state index in [0.29, 0.717) is 0 Å². The van der Waals surface area contributed by atoms with Crippen LogP contribution in [0.4, 0.5) is 5.69 Å². The summed E-state index contributed by atoms with van der Waals surface area (Å²) in [6.07, 6.45) is 0. The second kappa shape index (κ2) is 4.39. The van der Waals surface area contributed by atoms with Crippen molar-refractivity contribution in [1.29, 1.82) is 0 Å². The first-order valence-electron chi connectivity index (χ1n) is 6.12. The van der Waals surface area contributed by atoms with Gasteiger partial charge >= 0.3 is 0 Å². The van der Waals surface area contributed by atoms with Gasteiger partial charge in [0.05, 0.1) is 5.36 Å². The molecule has 0 radical (unpaired) electrons. The molecule has 4 heteroatoms. The van der Waals surface area contributed by atoms with Crippen LogP contribution >= 0.6 is 0 Å². The number of fused-ring (bicyclic) bond motifs is 2. The minimum atomic E-state index is 0.756. The molecule has 3 rings (SSSR count). The van der Waals surface area contributed by atoms with Gasteiger partial charge in [-0.3, -0.25) is 4.99 Å². The summed E-state index contributed by atoms with van der Waals surface area (Å²) >= 11 is 0. The van der Waals surface area contributed by atoms with Crippen LogP contribution in [0.3, 0.4) is 0 Å². The Labute approximate surface area is 111 Å². The lowest BCUT2D eigenvalue weighted by atomic mass is 10.2. The van der Waals surface area contributed by atoms with Gasteiger partial charge in [-0.15, -0.1) is 0 Å². The molecule has 0 N–H and O–H groups in total. The lowest BCUT2D eigenvalue weighted by molar-refractivity contribution is 0.612. The van der Waals surface area contributed by atoms with Crippen LogP contribution in [-0.4, -0.2) is 26.1 Å². The highest BCUT2D eigenvalue weighted by Gasteiger charge is 2.09. The fourth-order valence-corrected chi connectivity index (χ4v) is 2.02. The lowest BCUT2D eigenvalue weighted by Gasteiger charge is -2.13. The van der Waals surface area contributed by atoms with Crippen LogP contribution < -0.4 is 10.3 Å². The molecule has 1 aromatic rings. The van der Waals surface area contributed by atoms with Gasteiger partial charge < -0.3 is 9.32 Å². The maximum atomic E-state index is 5.93. The summed E-state index contributed by atoms with van der Waals surface area (Å²) in [5.74, 6) is 0.756. The molecule has 1 aromatic carbocycles. The second-order valence-electron chi connectivity index (χ2n) is 4.64. The van der Waals surface area contributed by atoms with E-state index in [1.54, 1.807) is 7.05 Å². The molecule has 4 nitrogen and oxygen atoms in total. The number of benzene rings is 2. The highest BCUT2D eigenvalue weighted by molar-refractivity contribution is 5.79. The molecule has 0 atom stereocenters. The van der Waals surface area contributed by atoms with Crippen molar-refractivity contribution in [3.05, 3.63) is 41.8 Å². The van der Waals surface area contributed by atoms with E-state index in [1.807, 2.05) is 55.4 Å². The molecule has 0 saturated carbocycles. The SMILES string of the molecule is C/N=c1\ccc2nc3ccc(N(C)C)cc3oc-2c1. The molecule has 0 fully saturated rings. The minimum Gasteiger partial charge on any atom is -0.453 e. The summed E-state index contributed by atoms with van der Waals surface area (Å²) in [4.78, 5) is 10.8. The zero-order valence-corrected chi connectivity index (χ0v) is 11.2. The largest absolute Gasteiger partial charge is 0.453 e. The van der Waals surface area contributed by atoms with Crippen LogP contribution in [0.15, 0.2) is 45.8 Å². The van der Waals surface area contributed by atoms with Crippen LogP contribution in [0, 0.1) is 0 Å². The maximum absolute atomic E-state index is 5.93. The highest BCUT2D eigenvalue weighted by Crippen LogP contribution is 2.26. The van der Waals surface area contributed by atoms with Crippen LogP contribution in [-0.2, 0) is 0 Å². The van der Waals surface area contributed by atoms with Gasteiger partial charge in [0.1, 0.15) is 11.2 Å². The predicted molar refractivity (Wildman–Crippen MR) is 76.4 cm³/mol. The van der Waals surface area contributed by atoms with E-state index in [0.717, 1.165) is 33.6 Å². The second-order valence-corrected chi connectivity index (χ2v) is 4.64. The molecule has 0 amide bonds. The molecule has 1 aliphatic heterocycles. The first-order valence-corrected chi connectivity index (χ1v) is 6.12. The number of rotatable bonds is 1. The lowest BCUT2D eigenvalue weighted by Crippen LogP contribution is -2.08. The molecule has 19 heavy (non-hydrogen) atoms. The van der Waals surface area contributed by atoms with Gasteiger partial charge in [-0.05, 0) is 24.3 Å². The van der Waals surface area contributed by atoms with Crippen molar-refractivity contribution in [2.24, 2.45) is 4.99 Å². The summed E-state index contributed by atoms with van der Waals surface area (Å²) in [6, 6.07) is 11.8. The van der Waals surface area contributed by atoms with E-state index in [9.17, 15) is 0 Å². The van der Waals surface area contributed by atoms with Gasteiger partial charge in [-0.25, -0.2) is 4.98 Å². The number of nitrogens with zero attached hydrogens (tertiary/aromatic N) is 3. The average Bonchev–Trinajstić information content (AvgIpc) is 2.43. The van der Waals surface area contributed by atoms with Crippen molar-refractivity contribution in [2.45, 2.75) is 0 Å². The molecule has 0 saturated heterocycles. The van der Waals surface area contributed by atoms with Crippen LogP contribution in [0.5, 0.6) is 0 Å². The molecule has 1 heterocycles. The van der Waals surface area contributed by atoms with Crippen molar-refractivity contribution >= 4 is 16.8 Å². The molecule has 0 bridgehead atoms. The third-order valence-corrected chi connectivity index (χ3v) is 3.12. The Kier molecular flexibility index (Phi) is 2.71. The Morgan fingerprint density at radius 3 is 2.68 bits per heavy atom.